The standard InChI is InChI=1S/C19H18N8O/c1-27-10-12(8-22-27)23-19-20-7-6-15(25-19)13-4-5-16(17-14(13)9-21-26-17)24-18(28)11-2-3-11/h4-11H,2-3H2,1H3,(H,21,26)(H,24,28)(H,20,23,25). The van der Waals surface area contributed by atoms with Gasteiger partial charge in [0, 0.05) is 36.3 Å². The van der Waals surface area contributed by atoms with Crippen LogP contribution in [0.3, 0.4) is 0 Å². The number of benzene rings is 1. The normalized spacial score (nSPS) is 13.6. The van der Waals surface area contributed by atoms with Gasteiger partial charge in [-0.2, -0.15) is 10.2 Å². The smallest absolute Gasteiger partial charge is 0.227 e. The fraction of sp³-hybridized carbons (Fsp3) is 0.211. The van der Waals surface area contributed by atoms with E-state index in [1.807, 2.05) is 31.4 Å². The van der Waals surface area contributed by atoms with Crippen LogP contribution in [0, 0.1) is 5.92 Å². The lowest BCUT2D eigenvalue weighted by molar-refractivity contribution is -0.117. The van der Waals surface area contributed by atoms with Gasteiger partial charge >= 0.3 is 0 Å². The van der Waals surface area contributed by atoms with Crippen LogP contribution in [-0.4, -0.2) is 35.9 Å². The van der Waals surface area contributed by atoms with Crippen molar-refractivity contribution >= 4 is 34.1 Å². The summed E-state index contributed by atoms with van der Waals surface area (Å²) in [6, 6.07) is 5.67. The number of H-pyrrole nitrogens is 1. The van der Waals surface area contributed by atoms with Gasteiger partial charge in [-0.25, -0.2) is 9.97 Å². The van der Waals surface area contributed by atoms with Crippen LogP contribution in [0.25, 0.3) is 22.2 Å². The first-order valence-corrected chi connectivity index (χ1v) is 9.03. The average molecular weight is 374 g/mol. The fourth-order valence-corrected chi connectivity index (χ4v) is 3.13. The topological polar surface area (TPSA) is 113 Å². The summed E-state index contributed by atoms with van der Waals surface area (Å²) in [4.78, 5) is 21.0. The summed E-state index contributed by atoms with van der Waals surface area (Å²) in [5.74, 6) is 0.683. The van der Waals surface area contributed by atoms with E-state index in [-0.39, 0.29) is 11.8 Å². The quantitative estimate of drug-likeness (QED) is 0.495. The number of hydrogen-bond acceptors (Lipinski definition) is 6. The van der Waals surface area contributed by atoms with E-state index in [0.29, 0.717) is 5.95 Å². The molecular formula is C19H18N8O. The highest BCUT2D eigenvalue weighted by Crippen LogP contribution is 2.34. The third kappa shape index (κ3) is 3.07. The van der Waals surface area contributed by atoms with Crippen molar-refractivity contribution in [1.29, 1.82) is 0 Å². The number of aromatic amines is 1. The Morgan fingerprint density at radius 3 is 2.93 bits per heavy atom. The van der Waals surface area contributed by atoms with Crippen molar-refractivity contribution < 1.29 is 4.79 Å². The first kappa shape index (κ1) is 16.4. The number of aryl methyl sites for hydroxylation is 1. The Balaban J connectivity index is 1.48. The Labute approximate surface area is 160 Å². The van der Waals surface area contributed by atoms with Gasteiger partial charge in [-0.15, -0.1) is 0 Å². The average Bonchev–Trinajstić information content (AvgIpc) is 3.29. The molecule has 0 saturated heterocycles. The molecule has 4 aromatic rings. The SMILES string of the molecule is Cn1cc(Nc2nccc(-c3ccc(NC(=O)C4CC4)c4[nH]ncc34)n2)cn1. The first-order valence-electron chi connectivity index (χ1n) is 9.03. The van der Waals surface area contributed by atoms with E-state index in [0.717, 1.165) is 46.4 Å². The molecule has 1 aliphatic rings. The highest BCUT2D eigenvalue weighted by Gasteiger charge is 2.30. The highest BCUT2D eigenvalue weighted by atomic mass is 16.2. The second kappa shape index (κ2) is 6.45. The minimum absolute atomic E-state index is 0.0636. The van der Waals surface area contributed by atoms with Crippen molar-refractivity contribution in [2.45, 2.75) is 12.8 Å². The Morgan fingerprint density at radius 2 is 2.14 bits per heavy atom. The molecule has 9 heteroatoms. The Kier molecular flexibility index (Phi) is 3.78. The zero-order valence-corrected chi connectivity index (χ0v) is 15.2. The molecule has 0 radical (unpaired) electrons. The van der Waals surface area contributed by atoms with E-state index in [4.69, 9.17) is 0 Å². The number of anilines is 3. The highest BCUT2D eigenvalue weighted by molar-refractivity contribution is 6.06. The molecule has 3 aromatic heterocycles. The summed E-state index contributed by atoms with van der Waals surface area (Å²) in [5.41, 5.74) is 3.99. The van der Waals surface area contributed by atoms with Crippen LogP contribution in [0.1, 0.15) is 12.8 Å². The lowest BCUT2D eigenvalue weighted by Gasteiger charge is -2.09. The largest absolute Gasteiger partial charge is 0.324 e. The zero-order valence-electron chi connectivity index (χ0n) is 15.2. The summed E-state index contributed by atoms with van der Waals surface area (Å²) >= 11 is 0. The van der Waals surface area contributed by atoms with Crippen molar-refractivity contribution in [2.75, 3.05) is 10.6 Å². The number of rotatable bonds is 5. The molecule has 0 spiro atoms. The number of amides is 1. The molecule has 3 N–H and O–H groups in total. The minimum Gasteiger partial charge on any atom is -0.324 e. The van der Waals surface area contributed by atoms with Gasteiger partial charge in [0.1, 0.15) is 0 Å². The maximum Gasteiger partial charge on any atom is 0.227 e. The maximum absolute atomic E-state index is 12.1. The Morgan fingerprint density at radius 1 is 1.25 bits per heavy atom. The summed E-state index contributed by atoms with van der Waals surface area (Å²) in [5, 5.41) is 18.3. The van der Waals surface area contributed by atoms with Gasteiger partial charge in [0.2, 0.25) is 11.9 Å². The van der Waals surface area contributed by atoms with Gasteiger partial charge in [-0.05, 0) is 31.0 Å². The van der Waals surface area contributed by atoms with Crippen LogP contribution >= 0.6 is 0 Å². The summed E-state index contributed by atoms with van der Waals surface area (Å²) in [6.45, 7) is 0. The lowest BCUT2D eigenvalue weighted by Crippen LogP contribution is -2.13. The van der Waals surface area contributed by atoms with E-state index in [2.05, 4.69) is 35.9 Å². The summed E-state index contributed by atoms with van der Waals surface area (Å²) in [6.07, 6.45) is 8.93. The molecule has 1 aromatic carbocycles. The molecule has 140 valence electrons. The van der Waals surface area contributed by atoms with Gasteiger partial charge in [0.15, 0.2) is 0 Å². The third-order valence-electron chi connectivity index (χ3n) is 4.71. The molecule has 28 heavy (non-hydrogen) atoms. The van der Waals surface area contributed by atoms with Crippen LogP contribution < -0.4 is 10.6 Å². The van der Waals surface area contributed by atoms with Gasteiger partial charge in [-0.3, -0.25) is 14.6 Å². The summed E-state index contributed by atoms with van der Waals surface area (Å²) < 4.78 is 1.70. The number of fused-ring (bicyclic) bond motifs is 1. The van der Waals surface area contributed by atoms with Crippen molar-refractivity contribution in [1.82, 2.24) is 29.9 Å². The number of hydrogen-bond donors (Lipinski definition) is 3. The van der Waals surface area contributed by atoms with Crippen molar-refractivity contribution in [3.05, 3.63) is 43.0 Å². The van der Waals surface area contributed by atoms with Crippen LogP contribution in [0.5, 0.6) is 0 Å². The molecule has 0 unspecified atom stereocenters. The molecule has 0 atom stereocenters. The van der Waals surface area contributed by atoms with Gasteiger partial charge in [0.05, 0.1) is 35.0 Å². The Hall–Kier alpha value is -3.75. The van der Waals surface area contributed by atoms with E-state index in [1.165, 1.54) is 0 Å². The number of carbonyl (C=O) groups is 1. The number of nitrogens with one attached hydrogen (secondary N) is 3. The second-order valence-electron chi connectivity index (χ2n) is 6.88. The van der Waals surface area contributed by atoms with E-state index in [9.17, 15) is 4.79 Å². The monoisotopic (exact) mass is 374 g/mol. The van der Waals surface area contributed by atoms with Crippen molar-refractivity contribution in [3.8, 4) is 11.3 Å². The number of aromatic nitrogens is 6. The molecule has 1 fully saturated rings. The maximum atomic E-state index is 12.1. The van der Waals surface area contributed by atoms with Crippen molar-refractivity contribution in [3.63, 3.8) is 0 Å². The molecule has 1 saturated carbocycles. The molecule has 3 heterocycles. The fourth-order valence-electron chi connectivity index (χ4n) is 3.13. The van der Waals surface area contributed by atoms with Gasteiger partial charge < -0.3 is 10.6 Å². The Bertz CT molecular complexity index is 1170. The van der Waals surface area contributed by atoms with Crippen molar-refractivity contribution in [2.24, 2.45) is 13.0 Å². The molecule has 9 nitrogen and oxygen atoms in total. The third-order valence-corrected chi connectivity index (χ3v) is 4.71. The second-order valence-corrected chi connectivity index (χ2v) is 6.88. The number of carbonyl (C=O) groups excluding carboxylic acids is 1. The van der Waals surface area contributed by atoms with Crippen LogP contribution in [0.15, 0.2) is 43.0 Å². The number of nitrogens with zero attached hydrogens (tertiary/aromatic N) is 5. The molecule has 5 rings (SSSR count). The molecular weight excluding hydrogens is 356 g/mol. The van der Waals surface area contributed by atoms with Crippen LogP contribution in [-0.2, 0) is 11.8 Å². The first-order chi connectivity index (χ1) is 13.7. The van der Waals surface area contributed by atoms with Gasteiger partial charge in [-0.1, -0.05) is 0 Å². The van der Waals surface area contributed by atoms with Crippen LogP contribution in [0.4, 0.5) is 17.3 Å². The predicted octanol–water partition coefficient (Wildman–Crippen LogP) is 2.85. The minimum atomic E-state index is 0.0636. The summed E-state index contributed by atoms with van der Waals surface area (Å²) in [7, 11) is 1.85. The van der Waals surface area contributed by atoms with E-state index < -0.39 is 0 Å². The molecule has 1 aliphatic carbocycles. The molecule has 1 amide bonds. The predicted molar refractivity (Wildman–Crippen MR) is 105 cm³/mol. The van der Waals surface area contributed by atoms with E-state index >= 15 is 0 Å². The zero-order chi connectivity index (χ0) is 19.1. The van der Waals surface area contributed by atoms with Crippen LogP contribution in [0.2, 0.25) is 0 Å². The molecule has 0 bridgehead atoms. The molecule has 0 aliphatic heterocycles. The van der Waals surface area contributed by atoms with E-state index in [1.54, 1.807) is 23.3 Å². The van der Waals surface area contributed by atoms with Gasteiger partial charge in [0.25, 0.3) is 0 Å². The lowest BCUT2D eigenvalue weighted by atomic mass is 10.1.